The molecule has 0 saturated carbocycles. The van der Waals surface area contributed by atoms with Gasteiger partial charge in [0, 0.05) is 12.1 Å². The summed E-state index contributed by atoms with van der Waals surface area (Å²) in [6.45, 7) is 5.97. The van der Waals surface area contributed by atoms with Crippen molar-refractivity contribution in [3.63, 3.8) is 0 Å². The fraction of sp³-hybridized carbons (Fsp3) is 0.333. The van der Waals surface area contributed by atoms with E-state index in [1.165, 1.54) is 6.07 Å². The number of carbonyl (C=O) groups is 1. The van der Waals surface area contributed by atoms with Gasteiger partial charge in [-0.3, -0.25) is 0 Å². The summed E-state index contributed by atoms with van der Waals surface area (Å²) in [6.07, 6.45) is 1.74. The first-order valence-corrected chi connectivity index (χ1v) is 4.18. The van der Waals surface area contributed by atoms with Crippen molar-refractivity contribution in [2.45, 2.75) is 19.5 Å². The third-order valence-electron chi connectivity index (χ3n) is 1.73. The first-order chi connectivity index (χ1) is 6.63. The minimum absolute atomic E-state index is 0.0759. The van der Waals surface area contributed by atoms with E-state index in [1.54, 1.807) is 6.08 Å². The van der Waals surface area contributed by atoms with Crippen molar-refractivity contribution in [2.75, 3.05) is 0 Å². The van der Waals surface area contributed by atoms with Crippen LogP contribution in [0.1, 0.15) is 23.2 Å². The Morgan fingerprint density at radius 3 is 3.14 bits per heavy atom. The monoisotopic (exact) mass is 196 g/mol. The van der Waals surface area contributed by atoms with Crippen molar-refractivity contribution in [1.82, 2.24) is 10.5 Å². The van der Waals surface area contributed by atoms with Crippen LogP contribution >= 0.6 is 0 Å². The summed E-state index contributed by atoms with van der Waals surface area (Å²) in [5.41, 5.74) is -0.0759. The average molecular weight is 196 g/mol. The van der Waals surface area contributed by atoms with E-state index >= 15 is 0 Å². The molecule has 0 spiro atoms. The second-order valence-electron chi connectivity index (χ2n) is 2.89. The summed E-state index contributed by atoms with van der Waals surface area (Å²) in [5, 5.41) is 15.0. The van der Waals surface area contributed by atoms with Crippen molar-refractivity contribution in [3.8, 4) is 0 Å². The molecule has 5 heteroatoms. The van der Waals surface area contributed by atoms with E-state index in [1.807, 2.05) is 6.92 Å². The third-order valence-corrected chi connectivity index (χ3v) is 1.73. The molecule has 0 fully saturated rings. The predicted molar refractivity (Wildman–Crippen MR) is 50.0 cm³/mol. The number of aromatic nitrogens is 1. The Labute approximate surface area is 81.4 Å². The van der Waals surface area contributed by atoms with Gasteiger partial charge < -0.3 is 14.9 Å². The summed E-state index contributed by atoms with van der Waals surface area (Å²) in [5.74, 6) is -0.590. The molecule has 2 N–H and O–H groups in total. The predicted octanol–water partition coefficient (Wildman–Crippen LogP) is 1.04. The van der Waals surface area contributed by atoms with E-state index in [0.717, 1.165) is 0 Å². The molecule has 1 aromatic rings. The van der Waals surface area contributed by atoms with Gasteiger partial charge in [-0.2, -0.15) is 0 Å². The number of hydrogen-bond acceptors (Lipinski definition) is 4. The van der Waals surface area contributed by atoms with Gasteiger partial charge in [-0.25, -0.2) is 4.79 Å². The molecule has 0 aromatic carbocycles. The molecule has 0 aliphatic carbocycles. The number of carboxylic acids is 1. The van der Waals surface area contributed by atoms with Gasteiger partial charge in [-0.15, -0.1) is 6.58 Å². The van der Waals surface area contributed by atoms with Crippen LogP contribution in [0.15, 0.2) is 23.2 Å². The van der Waals surface area contributed by atoms with E-state index in [9.17, 15) is 4.79 Å². The lowest BCUT2D eigenvalue weighted by Gasteiger charge is -2.05. The maximum Gasteiger partial charge on any atom is 0.358 e. The van der Waals surface area contributed by atoms with Crippen molar-refractivity contribution in [2.24, 2.45) is 0 Å². The van der Waals surface area contributed by atoms with Gasteiger partial charge in [0.25, 0.3) is 0 Å². The van der Waals surface area contributed by atoms with Gasteiger partial charge in [0.2, 0.25) is 0 Å². The minimum Gasteiger partial charge on any atom is -0.476 e. The van der Waals surface area contributed by atoms with Crippen LogP contribution in [0.2, 0.25) is 0 Å². The lowest BCUT2D eigenvalue weighted by Crippen LogP contribution is -2.22. The van der Waals surface area contributed by atoms with Crippen LogP contribution in [-0.4, -0.2) is 22.3 Å². The van der Waals surface area contributed by atoms with Gasteiger partial charge in [-0.1, -0.05) is 11.2 Å². The van der Waals surface area contributed by atoms with Crippen molar-refractivity contribution >= 4 is 5.97 Å². The van der Waals surface area contributed by atoms with Gasteiger partial charge in [0.05, 0.1) is 6.54 Å². The van der Waals surface area contributed by atoms with Gasteiger partial charge in [0.15, 0.2) is 11.5 Å². The topological polar surface area (TPSA) is 75.4 Å². The van der Waals surface area contributed by atoms with Crippen LogP contribution in [0.4, 0.5) is 0 Å². The largest absolute Gasteiger partial charge is 0.476 e. The Hall–Kier alpha value is -1.62. The standard InChI is InChI=1S/C9H12N2O3/c1-3-6(2)10-5-7-4-8(9(12)13)11-14-7/h3-4,6,10H,1,5H2,2H3,(H,12,13). The molecule has 1 atom stereocenters. The summed E-state index contributed by atoms with van der Waals surface area (Å²) in [6, 6.07) is 1.54. The lowest BCUT2D eigenvalue weighted by atomic mass is 10.3. The highest BCUT2D eigenvalue weighted by atomic mass is 16.5. The lowest BCUT2D eigenvalue weighted by molar-refractivity contribution is 0.0685. The summed E-state index contributed by atoms with van der Waals surface area (Å²) in [4.78, 5) is 10.4. The Balaban J connectivity index is 2.51. The molecule has 0 saturated heterocycles. The van der Waals surface area contributed by atoms with Gasteiger partial charge in [-0.05, 0) is 6.92 Å². The van der Waals surface area contributed by atoms with Crippen molar-refractivity contribution in [3.05, 3.63) is 30.2 Å². The number of nitrogens with one attached hydrogen (secondary N) is 1. The van der Waals surface area contributed by atoms with Crippen LogP contribution in [0.25, 0.3) is 0 Å². The van der Waals surface area contributed by atoms with Gasteiger partial charge in [0.1, 0.15) is 0 Å². The van der Waals surface area contributed by atoms with Crippen LogP contribution in [0.5, 0.6) is 0 Å². The van der Waals surface area contributed by atoms with Crippen LogP contribution in [-0.2, 0) is 6.54 Å². The van der Waals surface area contributed by atoms with Crippen LogP contribution in [0, 0.1) is 0 Å². The Morgan fingerprint density at radius 2 is 2.64 bits per heavy atom. The number of nitrogens with zero attached hydrogens (tertiary/aromatic N) is 1. The minimum atomic E-state index is -1.09. The molecule has 0 amide bonds. The molecule has 0 radical (unpaired) electrons. The smallest absolute Gasteiger partial charge is 0.358 e. The Bertz CT molecular complexity index is 333. The molecule has 1 unspecified atom stereocenters. The molecular weight excluding hydrogens is 184 g/mol. The molecule has 1 aromatic heterocycles. The molecule has 0 bridgehead atoms. The van der Waals surface area contributed by atoms with E-state index < -0.39 is 5.97 Å². The highest BCUT2D eigenvalue weighted by Gasteiger charge is 2.10. The number of rotatable bonds is 5. The average Bonchev–Trinajstić information content (AvgIpc) is 2.62. The maximum atomic E-state index is 10.4. The normalized spacial score (nSPS) is 12.4. The van der Waals surface area contributed by atoms with E-state index in [0.29, 0.717) is 12.3 Å². The molecular formula is C9H12N2O3. The Kier molecular flexibility index (Phi) is 3.41. The van der Waals surface area contributed by atoms with Crippen LogP contribution < -0.4 is 5.32 Å². The van der Waals surface area contributed by atoms with Crippen molar-refractivity contribution in [1.29, 1.82) is 0 Å². The fourth-order valence-electron chi connectivity index (χ4n) is 0.842. The zero-order valence-electron chi connectivity index (χ0n) is 7.86. The number of carboxylic acid groups (broad SMARTS) is 1. The van der Waals surface area contributed by atoms with E-state index in [-0.39, 0.29) is 11.7 Å². The second kappa shape index (κ2) is 4.57. The molecule has 5 nitrogen and oxygen atoms in total. The summed E-state index contributed by atoms with van der Waals surface area (Å²) >= 11 is 0. The summed E-state index contributed by atoms with van der Waals surface area (Å²) in [7, 11) is 0. The maximum absolute atomic E-state index is 10.4. The molecule has 0 aliphatic rings. The quantitative estimate of drug-likeness (QED) is 0.688. The zero-order valence-corrected chi connectivity index (χ0v) is 7.86. The number of aromatic carboxylic acids is 1. The SMILES string of the molecule is C=CC(C)NCc1cc(C(=O)O)no1. The molecule has 1 heterocycles. The fourth-order valence-corrected chi connectivity index (χ4v) is 0.842. The van der Waals surface area contributed by atoms with Crippen LogP contribution in [0.3, 0.4) is 0 Å². The zero-order chi connectivity index (χ0) is 10.6. The van der Waals surface area contributed by atoms with Gasteiger partial charge >= 0.3 is 5.97 Å². The molecule has 1 rings (SSSR count). The summed E-state index contributed by atoms with van der Waals surface area (Å²) < 4.78 is 4.79. The highest BCUT2D eigenvalue weighted by Crippen LogP contribution is 2.03. The van der Waals surface area contributed by atoms with E-state index in [2.05, 4.69) is 17.1 Å². The highest BCUT2D eigenvalue weighted by molar-refractivity contribution is 5.85. The Morgan fingerprint density at radius 1 is 1.93 bits per heavy atom. The first-order valence-electron chi connectivity index (χ1n) is 4.18. The molecule has 14 heavy (non-hydrogen) atoms. The first kappa shape index (κ1) is 10.5. The number of hydrogen-bond donors (Lipinski definition) is 2. The third kappa shape index (κ3) is 2.70. The molecule has 0 aliphatic heterocycles. The second-order valence-corrected chi connectivity index (χ2v) is 2.89. The van der Waals surface area contributed by atoms with Crippen molar-refractivity contribution < 1.29 is 14.4 Å². The molecule has 76 valence electrons. The van der Waals surface area contributed by atoms with E-state index in [4.69, 9.17) is 9.63 Å².